The number of anilines is 1. The van der Waals surface area contributed by atoms with Gasteiger partial charge in [0, 0.05) is 12.2 Å². The minimum atomic E-state index is -0.370. The van der Waals surface area contributed by atoms with Crippen LogP contribution in [0.2, 0.25) is 0 Å². The lowest BCUT2D eigenvalue weighted by Gasteiger charge is -2.06. The van der Waals surface area contributed by atoms with Crippen molar-refractivity contribution in [3.8, 4) is 0 Å². The second-order valence-corrected chi connectivity index (χ2v) is 3.02. The van der Waals surface area contributed by atoms with Gasteiger partial charge in [-0.3, -0.25) is 4.79 Å². The topological polar surface area (TPSA) is 64.3 Å². The molecule has 1 aromatic rings. The number of halogens is 1. The Morgan fingerprint density at radius 3 is 3.00 bits per heavy atom. The van der Waals surface area contributed by atoms with E-state index in [9.17, 15) is 9.18 Å². The summed E-state index contributed by atoms with van der Waals surface area (Å²) < 4.78 is 17.3. The van der Waals surface area contributed by atoms with Crippen molar-refractivity contribution in [1.82, 2.24) is 5.32 Å². The minimum absolute atomic E-state index is 0.0758. The lowest BCUT2D eigenvalue weighted by atomic mass is 10.2. The lowest BCUT2D eigenvalue weighted by Crippen LogP contribution is -2.23. The van der Waals surface area contributed by atoms with Crippen molar-refractivity contribution >= 4 is 11.7 Å². The summed E-state index contributed by atoms with van der Waals surface area (Å²) in [5.74, 6) is -0.718. The molecule has 4 nitrogen and oxygen atoms in total. The Bertz CT molecular complexity index is 355. The first-order valence-electron chi connectivity index (χ1n) is 4.45. The first-order chi connectivity index (χ1) is 7.13. The third-order valence-corrected chi connectivity index (χ3v) is 1.92. The molecule has 1 aromatic carbocycles. The van der Waals surface area contributed by atoms with Gasteiger partial charge in [-0.1, -0.05) is 0 Å². The number of hydrogen-bond acceptors (Lipinski definition) is 4. The summed E-state index contributed by atoms with van der Waals surface area (Å²) >= 11 is 0. The first-order valence-corrected chi connectivity index (χ1v) is 4.45. The fourth-order valence-electron chi connectivity index (χ4n) is 1.10. The zero-order chi connectivity index (χ0) is 11.3. The Morgan fingerprint density at radius 1 is 1.60 bits per heavy atom. The van der Waals surface area contributed by atoms with E-state index in [1.165, 1.54) is 25.3 Å². The van der Waals surface area contributed by atoms with Gasteiger partial charge in [-0.25, -0.2) is 4.39 Å². The first kappa shape index (κ1) is 11.5. The second kappa shape index (κ2) is 5.31. The molecule has 0 amide bonds. The van der Waals surface area contributed by atoms with E-state index in [4.69, 9.17) is 5.73 Å². The molecule has 3 N–H and O–H groups in total. The van der Waals surface area contributed by atoms with Crippen molar-refractivity contribution < 1.29 is 13.9 Å². The Balaban J connectivity index is 2.50. The van der Waals surface area contributed by atoms with Crippen LogP contribution in [0.15, 0.2) is 18.2 Å². The summed E-state index contributed by atoms with van der Waals surface area (Å²) in [5.41, 5.74) is 6.73. The number of ether oxygens (including phenoxy) is 1. The Hall–Kier alpha value is -1.62. The SMILES string of the molecule is COC(=O)CNCc1cc(F)ccc1N. The number of methoxy groups -OCH3 is 1. The molecule has 0 aromatic heterocycles. The standard InChI is InChI=1S/C10H13FN2O2/c1-15-10(14)6-13-5-7-4-8(11)2-3-9(7)12/h2-4,13H,5-6,12H2,1H3. The average molecular weight is 212 g/mol. The fraction of sp³-hybridized carbons (Fsp3) is 0.300. The van der Waals surface area contributed by atoms with E-state index in [1.54, 1.807) is 0 Å². The van der Waals surface area contributed by atoms with E-state index in [2.05, 4.69) is 10.1 Å². The molecule has 0 unspecified atom stereocenters. The van der Waals surface area contributed by atoms with Gasteiger partial charge in [0.05, 0.1) is 13.7 Å². The molecule has 5 heteroatoms. The van der Waals surface area contributed by atoms with Gasteiger partial charge in [0.15, 0.2) is 0 Å². The van der Waals surface area contributed by atoms with E-state index < -0.39 is 0 Å². The minimum Gasteiger partial charge on any atom is -0.468 e. The van der Waals surface area contributed by atoms with Crippen molar-refractivity contribution in [3.05, 3.63) is 29.6 Å². The highest BCUT2D eigenvalue weighted by molar-refractivity contribution is 5.71. The number of esters is 1. The molecule has 15 heavy (non-hydrogen) atoms. The van der Waals surface area contributed by atoms with Gasteiger partial charge in [-0.2, -0.15) is 0 Å². The molecular formula is C10H13FN2O2. The van der Waals surface area contributed by atoms with Gasteiger partial charge in [0.1, 0.15) is 5.82 Å². The molecular weight excluding hydrogens is 199 g/mol. The maximum Gasteiger partial charge on any atom is 0.319 e. The number of nitrogen functional groups attached to an aromatic ring is 1. The van der Waals surface area contributed by atoms with Crippen molar-refractivity contribution in [1.29, 1.82) is 0 Å². The predicted molar refractivity (Wildman–Crippen MR) is 54.5 cm³/mol. The average Bonchev–Trinajstić information content (AvgIpc) is 2.23. The summed E-state index contributed by atoms with van der Waals surface area (Å²) in [6.45, 7) is 0.408. The van der Waals surface area contributed by atoms with Gasteiger partial charge in [-0.05, 0) is 23.8 Å². The zero-order valence-corrected chi connectivity index (χ0v) is 8.42. The maximum atomic E-state index is 12.8. The van der Waals surface area contributed by atoms with Crippen LogP contribution in [0, 0.1) is 5.82 Å². The van der Waals surface area contributed by atoms with Gasteiger partial charge < -0.3 is 15.8 Å². The Kier molecular flexibility index (Phi) is 4.05. The summed E-state index contributed by atoms with van der Waals surface area (Å²) in [5, 5.41) is 2.80. The highest BCUT2D eigenvalue weighted by atomic mass is 19.1. The van der Waals surface area contributed by atoms with Crippen LogP contribution in [-0.2, 0) is 16.1 Å². The molecule has 0 radical (unpaired) electrons. The Labute approximate surface area is 87.2 Å². The van der Waals surface area contributed by atoms with Crippen molar-refractivity contribution in [2.75, 3.05) is 19.4 Å². The van der Waals surface area contributed by atoms with Crippen LogP contribution in [0.4, 0.5) is 10.1 Å². The van der Waals surface area contributed by atoms with E-state index in [1.807, 2.05) is 0 Å². The zero-order valence-electron chi connectivity index (χ0n) is 8.42. The molecule has 0 bridgehead atoms. The molecule has 0 saturated carbocycles. The van der Waals surface area contributed by atoms with E-state index in [-0.39, 0.29) is 18.3 Å². The van der Waals surface area contributed by atoms with Crippen molar-refractivity contribution in [3.63, 3.8) is 0 Å². The molecule has 0 fully saturated rings. The smallest absolute Gasteiger partial charge is 0.319 e. The van der Waals surface area contributed by atoms with Crippen LogP contribution in [0.5, 0.6) is 0 Å². The molecule has 0 atom stereocenters. The number of nitrogens with one attached hydrogen (secondary N) is 1. The van der Waals surface area contributed by atoms with Crippen LogP contribution < -0.4 is 11.1 Å². The predicted octanol–water partition coefficient (Wildman–Crippen LogP) is 0.670. The van der Waals surface area contributed by atoms with Crippen LogP contribution in [-0.4, -0.2) is 19.6 Å². The highest BCUT2D eigenvalue weighted by Crippen LogP contribution is 2.12. The van der Waals surface area contributed by atoms with Gasteiger partial charge in [0.2, 0.25) is 0 Å². The molecule has 0 aliphatic heterocycles. The lowest BCUT2D eigenvalue weighted by molar-refractivity contribution is -0.139. The molecule has 0 saturated heterocycles. The maximum absolute atomic E-state index is 12.8. The van der Waals surface area contributed by atoms with Crippen molar-refractivity contribution in [2.24, 2.45) is 0 Å². The van der Waals surface area contributed by atoms with E-state index >= 15 is 0 Å². The Morgan fingerprint density at radius 2 is 2.33 bits per heavy atom. The second-order valence-electron chi connectivity index (χ2n) is 3.02. The normalized spacial score (nSPS) is 10.0. The monoisotopic (exact) mass is 212 g/mol. The third kappa shape index (κ3) is 3.55. The van der Waals surface area contributed by atoms with E-state index in [0.29, 0.717) is 17.8 Å². The molecule has 0 aliphatic rings. The van der Waals surface area contributed by atoms with Crippen LogP contribution >= 0.6 is 0 Å². The summed E-state index contributed by atoms with van der Waals surface area (Å²) in [7, 11) is 1.31. The summed E-state index contributed by atoms with van der Waals surface area (Å²) in [6, 6.07) is 4.11. The molecule has 0 spiro atoms. The number of rotatable bonds is 4. The number of hydrogen-bond donors (Lipinski definition) is 2. The fourth-order valence-corrected chi connectivity index (χ4v) is 1.10. The van der Waals surface area contributed by atoms with Crippen LogP contribution in [0.25, 0.3) is 0 Å². The third-order valence-electron chi connectivity index (χ3n) is 1.92. The number of carbonyl (C=O) groups excluding carboxylic acids is 1. The molecule has 1 rings (SSSR count). The van der Waals surface area contributed by atoms with Crippen LogP contribution in [0.1, 0.15) is 5.56 Å². The molecule has 0 aliphatic carbocycles. The molecule has 82 valence electrons. The summed E-state index contributed by atoms with van der Waals surface area (Å²) in [4.78, 5) is 10.8. The number of benzene rings is 1. The number of nitrogens with two attached hydrogens (primary N) is 1. The summed E-state index contributed by atoms with van der Waals surface area (Å²) in [6.07, 6.45) is 0. The molecule has 0 heterocycles. The van der Waals surface area contributed by atoms with E-state index in [0.717, 1.165) is 0 Å². The van der Waals surface area contributed by atoms with Crippen molar-refractivity contribution in [2.45, 2.75) is 6.54 Å². The van der Waals surface area contributed by atoms with Gasteiger partial charge >= 0.3 is 5.97 Å². The highest BCUT2D eigenvalue weighted by Gasteiger charge is 2.03. The van der Waals surface area contributed by atoms with Crippen LogP contribution in [0.3, 0.4) is 0 Å². The van der Waals surface area contributed by atoms with Gasteiger partial charge in [-0.15, -0.1) is 0 Å². The largest absolute Gasteiger partial charge is 0.468 e. The quantitative estimate of drug-likeness (QED) is 0.568. The van der Waals surface area contributed by atoms with Gasteiger partial charge in [0.25, 0.3) is 0 Å². The number of carbonyl (C=O) groups is 1.